The molecule has 0 aliphatic heterocycles. The van der Waals surface area contributed by atoms with Crippen LogP contribution in [0.15, 0.2) is 24.3 Å². The number of hydrogen-bond acceptors (Lipinski definition) is 5. The predicted molar refractivity (Wildman–Crippen MR) is 84.9 cm³/mol. The maximum atomic E-state index is 9.14. The maximum Gasteiger partial charge on any atom is 0.488 e. The Labute approximate surface area is 127 Å². The van der Waals surface area contributed by atoms with Gasteiger partial charge in [-0.15, -0.1) is 0 Å². The number of ether oxygens (including phenoxy) is 2. The van der Waals surface area contributed by atoms with E-state index in [9.17, 15) is 0 Å². The largest absolute Gasteiger partial charge is 0.492 e. The van der Waals surface area contributed by atoms with Gasteiger partial charge < -0.3 is 19.5 Å². The summed E-state index contributed by atoms with van der Waals surface area (Å²) in [6.45, 7) is 8.34. The lowest BCUT2D eigenvalue weighted by molar-refractivity contribution is 0.127. The molecule has 0 bridgehead atoms. The van der Waals surface area contributed by atoms with Crippen LogP contribution in [0.4, 0.5) is 0 Å². The summed E-state index contributed by atoms with van der Waals surface area (Å²) in [7, 11) is 0.239. The van der Waals surface area contributed by atoms with Gasteiger partial charge in [-0.3, -0.25) is 4.90 Å². The molecule has 0 saturated carbocycles. The molecule has 0 fully saturated rings. The van der Waals surface area contributed by atoms with Crippen LogP contribution in [-0.4, -0.2) is 62.0 Å². The molecular weight excluding hydrogens is 269 g/mol. The second-order valence-corrected chi connectivity index (χ2v) is 5.48. The van der Waals surface area contributed by atoms with E-state index in [4.69, 9.17) is 19.5 Å². The highest BCUT2D eigenvalue weighted by Crippen LogP contribution is 2.08. The Morgan fingerprint density at radius 3 is 2.52 bits per heavy atom. The predicted octanol–water partition coefficient (Wildman–Crippen LogP) is 0.350. The highest BCUT2D eigenvalue weighted by molar-refractivity contribution is 6.58. The molecule has 6 heteroatoms. The van der Waals surface area contributed by atoms with E-state index in [1.165, 1.54) is 0 Å². The van der Waals surface area contributed by atoms with Crippen molar-refractivity contribution < 1.29 is 19.5 Å². The van der Waals surface area contributed by atoms with Gasteiger partial charge in [0, 0.05) is 26.7 Å². The van der Waals surface area contributed by atoms with Crippen LogP contribution in [0, 0.1) is 5.92 Å². The molecule has 21 heavy (non-hydrogen) atoms. The second-order valence-electron chi connectivity index (χ2n) is 5.48. The van der Waals surface area contributed by atoms with Gasteiger partial charge in [0.25, 0.3) is 0 Å². The van der Waals surface area contributed by atoms with Gasteiger partial charge in [0.1, 0.15) is 12.4 Å². The van der Waals surface area contributed by atoms with Crippen LogP contribution in [0.3, 0.4) is 0 Å². The van der Waals surface area contributed by atoms with Gasteiger partial charge in [-0.2, -0.15) is 0 Å². The van der Waals surface area contributed by atoms with Gasteiger partial charge in [-0.25, -0.2) is 0 Å². The number of hydrogen-bond donors (Lipinski definition) is 2. The van der Waals surface area contributed by atoms with Crippen LogP contribution in [0.5, 0.6) is 5.75 Å². The minimum absolute atomic E-state index is 0.436. The molecule has 5 nitrogen and oxygen atoms in total. The van der Waals surface area contributed by atoms with Crippen molar-refractivity contribution in [2.75, 3.05) is 40.0 Å². The maximum absolute atomic E-state index is 9.14. The minimum Gasteiger partial charge on any atom is -0.492 e. The van der Waals surface area contributed by atoms with E-state index >= 15 is 0 Å². The minimum atomic E-state index is -1.47. The molecule has 0 amide bonds. The average molecular weight is 295 g/mol. The van der Waals surface area contributed by atoms with Gasteiger partial charge in [0.2, 0.25) is 0 Å². The smallest absolute Gasteiger partial charge is 0.488 e. The third kappa shape index (κ3) is 7.48. The third-order valence-electron chi connectivity index (χ3n) is 3.07. The van der Waals surface area contributed by atoms with Crippen LogP contribution >= 0.6 is 0 Å². The third-order valence-corrected chi connectivity index (χ3v) is 3.07. The first-order valence-corrected chi connectivity index (χ1v) is 7.33. The Kier molecular flexibility index (Phi) is 8.38. The molecule has 118 valence electrons. The molecule has 0 aliphatic rings. The Hall–Kier alpha value is -1.08. The van der Waals surface area contributed by atoms with Crippen LogP contribution < -0.4 is 10.2 Å². The van der Waals surface area contributed by atoms with Gasteiger partial charge >= 0.3 is 7.12 Å². The summed E-state index contributed by atoms with van der Waals surface area (Å²) in [5.74, 6) is 1.24. The Morgan fingerprint density at radius 2 is 1.90 bits per heavy atom. The summed E-state index contributed by atoms with van der Waals surface area (Å²) in [6.07, 6.45) is 0. The van der Waals surface area contributed by atoms with Gasteiger partial charge in [-0.1, -0.05) is 26.0 Å². The van der Waals surface area contributed by atoms with E-state index < -0.39 is 7.12 Å². The van der Waals surface area contributed by atoms with E-state index in [-0.39, 0.29) is 0 Å². The zero-order chi connectivity index (χ0) is 15.7. The van der Waals surface area contributed by atoms with Crippen molar-refractivity contribution in [2.45, 2.75) is 13.8 Å². The summed E-state index contributed by atoms with van der Waals surface area (Å²) < 4.78 is 10.8. The zero-order valence-corrected chi connectivity index (χ0v) is 13.2. The molecule has 0 spiro atoms. The van der Waals surface area contributed by atoms with Gasteiger partial charge in [0.05, 0.1) is 6.61 Å². The molecule has 0 aromatic heterocycles. The van der Waals surface area contributed by atoms with Crippen molar-refractivity contribution in [1.29, 1.82) is 0 Å². The van der Waals surface area contributed by atoms with E-state index in [0.29, 0.717) is 30.3 Å². The zero-order valence-electron chi connectivity index (χ0n) is 13.2. The lowest BCUT2D eigenvalue weighted by Gasteiger charge is -2.23. The van der Waals surface area contributed by atoms with E-state index in [0.717, 1.165) is 19.6 Å². The fraction of sp³-hybridized carbons (Fsp3) is 0.600. The van der Waals surface area contributed by atoms with Crippen molar-refractivity contribution in [3.05, 3.63) is 24.3 Å². The average Bonchev–Trinajstić information content (AvgIpc) is 2.44. The fourth-order valence-electron chi connectivity index (χ4n) is 2.09. The highest BCUT2D eigenvalue weighted by Gasteiger charge is 2.11. The molecule has 0 heterocycles. The molecule has 0 saturated heterocycles. The topological polar surface area (TPSA) is 62.2 Å². The molecule has 0 radical (unpaired) electrons. The number of methoxy groups -OCH3 is 1. The SMILES string of the molecule is COCCN(CCOc1cccc(B(O)O)c1)CC(C)C. The molecule has 0 atom stereocenters. The number of nitrogens with zero attached hydrogens (tertiary/aromatic N) is 1. The van der Waals surface area contributed by atoms with Gasteiger partial charge in [0.15, 0.2) is 0 Å². The van der Waals surface area contributed by atoms with Crippen LogP contribution in [-0.2, 0) is 4.74 Å². The molecule has 1 rings (SSSR count). The van der Waals surface area contributed by atoms with Crippen molar-refractivity contribution >= 4 is 12.6 Å². The van der Waals surface area contributed by atoms with E-state index in [1.807, 2.05) is 6.07 Å². The first-order valence-electron chi connectivity index (χ1n) is 7.33. The number of rotatable bonds is 10. The fourth-order valence-corrected chi connectivity index (χ4v) is 2.09. The number of benzene rings is 1. The summed E-state index contributed by atoms with van der Waals surface area (Å²) >= 11 is 0. The lowest BCUT2D eigenvalue weighted by atomic mass is 9.80. The molecule has 0 unspecified atom stereocenters. The van der Waals surface area contributed by atoms with E-state index in [1.54, 1.807) is 25.3 Å². The highest BCUT2D eigenvalue weighted by atomic mass is 16.5. The van der Waals surface area contributed by atoms with Crippen LogP contribution in [0.25, 0.3) is 0 Å². The summed E-state index contributed by atoms with van der Waals surface area (Å²) in [5, 5.41) is 18.3. The van der Waals surface area contributed by atoms with Gasteiger partial charge in [-0.05, 0) is 23.5 Å². The van der Waals surface area contributed by atoms with Crippen molar-refractivity contribution in [2.24, 2.45) is 5.92 Å². The summed E-state index contributed by atoms with van der Waals surface area (Å²) in [5.41, 5.74) is 0.436. The van der Waals surface area contributed by atoms with Crippen molar-refractivity contribution in [1.82, 2.24) is 4.90 Å². The van der Waals surface area contributed by atoms with Crippen molar-refractivity contribution in [3.8, 4) is 5.75 Å². The monoisotopic (exact) mass is 295 g/mol. The molecule has 1 aromatic rings. The Balaban J connectivity index is 2.43. The molecular formula is C15H26BNO4. The van der Waals surface area contributed by atoms with Crippen molar-refractivity contribution in [3.63, 3.8) is 0 Å². The quantitative estimate of drug-likeness (QED) is 0.610. The lowest BCUT2D eigenvalue weighted by Crippen LogP contribution is -2.34. The Morgan fingerprint density at radius 1 is 1.19 bits per heavy atom. The summed E-state index contributed by atoms with van der Waals surface area (Å²) in [6, 6.07) is 6.86. The first kappa shape index (κ1) is 18.0. The molecule has 2 N–H and O–H groups in total. The first-order chi connectivity index (χ1) is 10.0. The van der Waals surface area contributed by atoms with Crippen LogP contribution in [0.2, 0.25) is 0 Å². The Bertz CT molecular complexity index is 401. The van der Waals surface area contributed by atoms with E-state index in [2.05, 4.69) is 18.7 Å². The molecule has 1 aromatic carbocycles. The normalized spacial score (nSPS) is 11.2. The summed E-state index contributed by atoms with van der Waals surface area (Å²) in [4.78, 5) is 2.30. The van der Waals surface area contributed by atoms with Crippen LogP contribution in [0.1, 0.15) is 13.8 Å². The standard InChI is InChI=1S/C15H26BNO4/c1-13(2)12-17(7-9-20-3)8-10-21-15-6-4-5-14(11-15)16(18)19/h4-6,11,13,18-19H,7-10,12H2,1-3H3. The molecule has 0 aliphatic carbocycles. The second kappa shape index (κ2) is 9.79.